The fourth-order valence-electron chi connectivity index (χ4n) is 2.98. The number of carbonyl (C=O) groups is 1. The molecule has 0 aliphatic heterocycles. The van der Waals surface area contributed by atoms with Gasteiger partial charge < -0.3 is 15.5 Å². The minimum Gasteiger partial charge on any atom is -0.363 e. The van der Waals surface area contributed by atoms with Crippen molar-refractivity contribution in [2.24, 2.45) is 0 Å². The van der Waals surface area contributed by atoms with Gasteiger partial charge in [-0.15, -0.1) is 0 Å². The topological polar surface area (TPSA) is 70.2 Å². The van der Waals surface area contributed by atoms with Crippen LogP contribution in [0.3, 0.4) is 0 Å². The molecule has 150 valence electrons. The smallest absolute Gasteiger partial charge is 0.224 e. The van der Waals surface area contributed by atoms with Gasteiger partial charge >= 0.3 is 0 Å². The van der Waals surface area contributed by atoms with Crippen LogP contribution in [0.15, 0.2) is 54.6 Å². The van der Waals surface area contributed by atoms with Gasteiger partial charge in [0.15, 0.2) is 0 Å². The summed E-state index contributed by atoms with van der Waals surface area (Å²) in [6.07, 6.45) is 1.19. The van der Waals surface area contributed by atoms with Crippen LogP contribution in [-0.2, 0) is 11.2 Å². The van der Waals surface area contributed by atoms with E-state index in [2.05, 4.69) is 45.7 Å². The molecule has 0 radical (unpaired) electrons. The lowest BCUT2D eigenvalue weighted by molar-refractivity contribution is -0.116. The molecule has 0 spiro atoms. The van der Waals surface area contributed by atoms with Crippen LogP contribution < -0.4 is 15.5 Å². The first-order valence-corrected chi connectivity index (χ1v) is 9.64. The predicted molar refractivity (Wildman–Crippen MR) is 119 cm³/mol. The molecule has 0 saturated heterocycles. The number of aromatic nitrogens is 2. The maximum Gasteiger partial charge on any atom is 0.224 e. The van der Waals surface area contributed by atoms with Crippen molar-refractivity contribution < 1.29 is 4.79 Å². The third-order valence-corrected chi connectivity index (χ3v) is 4.45. The molecule has 1 amide bonds. The molecule has 2 aromatic carbocycles. The van der Waals surface area contributed by atoms with Gasteiger partial charge in [0.1, 0.15) is 17.5 Å². The number of nitrogens with one attached hydrogen (secondary N) is 2. The number of benzene rings is 2. The molecule has 29 heavy (non-hydrogen) atoms. The van der Waals surface area contributed by atoms with Crippen molar-refractivity contribution in [1.29, 1.82) is 0 Å². The van der Waals surface area contributed by atoms with E-state index < -0.39 is 0 Å². The minimum atomic E-state index is 0.00858. The summed E-state index contributed by atoms with van der Waals surface area (Å²) >= 11 is 0. The van der Waals surface area contributed by atoms with E-state index in [1.54, 1.807) is 0 Å². The maximum atomic E-state index is 12.2. The Morgan fingerprint density at radius 2 is 1.69 bits per heavy atom. The van der Waals surface area contributed by atoms with Crippen LogP contribution in [0.4, 0.5) is 23.0 Å². The van der Waals surface area contributed by atoms with E-state index in [0.717, 1.165) is 29.4 Å². The zero-order valence-electron chi connectivity index (χ0n) is 17.4. The summed E-state index contributed by atoms with van der Waals surface area (Å²) in [5.74, 6) is 2.29. The molecular weight excluding hydrogens is 362 g/mol. The van der Waals surface area contributed by atoms with Gasteiger partial charge in [-0.2, -0.15) is 0 Å². The monoisotopic (exact) mass is 389 g/mol. The zero-order valence-corrected chi connectivity index (χ0v) is 17.4. The molecule has 0 atom stereocenters. The van der Waals surface area contributed by atoms with E-state index in [1.807, 2.05) is 62.3 Å². The molecule has 0 fully saturated rings. The summed E-state index contributed by atoms with van der Waals surface area (Å²) < 4.78 is 0. The average molecular weight is 390 g/mol. The molecule has 1 aromatic heterocycles. The Balaban J connectivity index is 1.56. The highest BCUT2D eigenvalue weighted by Gasteiger charge is 2.06. The van der Waals surface area contributed by atoms with Gasteiger partial charge in [0, 0.05) is 38.0 Å². The third-order valence-electron chi connectivity index (χ3n) is 4.45. The fraction of sp³-hybridized carbons (Fsp3) is 0.261. The van der Waals surface area contributed by atoms with E-state index in [1.165, 1.54) is 11.1 Å². The van der Waals surface area contributed by atoms with Crippen molar-refractivity contribution in [2.45, 2.75) is 26.7 Å². The second-order valence-electron chi connectivity index (χ2n) is 7.29. The molecule has 6 nitrogen and oxygen atoms in total. The summed E-state index contributed by atoms with van der Waals surface area (Å²) in [4.78, 5) is 23.0. The van der Waals surface area contributed by atoms with Crippen molar-refractivity contribution in [2.75, 3.05) is 29.6 Å². The molecule has 0 unspecified atom stereocenters. The first kappa shape index (κ1) is 20.3. The van der Waals surface area contributed by atoms with Crippen LogP contribution in [0.5, 0.6) is 0 Å². The van der Waals surface area contributed by atoms with Gasteiger partial charge in [-0.05, 0) is 50.1 Å². The molecule has 0 bridgehead atoms. The predicted octanol–water partition coefficient (Wildman–Crippen LogP) is 4.47. The van der Waals surface area contributed by atoms with E-state index in [0.29, 0.717) is 12.2 Å². The average Bonchev–Trinajstić information content (AvgIpc) is 2.67. The van der Waals surface area contributed by atoms with Crippen molar-refractivity contribution in [3.63, 3.8) is 0 Å². The van der Waals surface area contributed by atoms with Crippen LogP contribution in [0.25, 0.3) is 0 Å². The summed E-state index contributed by atoms with van der Waals surface area (Å²) in [5.41, 5.74) is 4.06. The SMILES string of the molecule is Cc1cccc(CCC(=O)Nc2ccc(Nc3cc(N(C)C)nc(C)n3)cc2)c1. The van der Waals surface area contributed by atoms with Crippen molar-refractivity contribution in [1.82, 2.24) is 9.97 Å². The lowest BCUT2D eigenvalue weighted by Crippen LogP contribution is -2.13. The molecule has 2 N–H and O–H groups in total. The maximum absolute atomic E-state index is 12.2. The molecule has 3 aromatic rings. The Morgan fingerprint density at radius 1 is 0.966 bits per heavy atom. The quantitative estimate of drug-likeness (QED) is 0.624. The van der Waals surface area contributed by atoms with Crippen LogP contribution in [0, 0.1) is 13.8 Å². The van der Waals surface area contributed by atoms with Crippen LogP contribution in [0.2, 0.25) is 0 Å². The molecular formula is C23H27N5O. The molecule has 1 heterocycles. The number of hydrogen-bond acceptors (Lipinski definition) is 5. The first-order valence-electron chi connectivity index (χ1n) is 9.64. The molecule has 0 aliphatic rings. The highest BCUT2D eigenvalue weighted by Crippen LogP contribution is 2.20. The van der Waals surface area contributed by atoms with Crippen LogP contribution >= 0.6 is 0 Å². The minimum absolute atomic E-state index is 0.00858. The Bertz CT molecular complexity index is 983. The van der Waals surface area contributed by atoms with Crippen LogP contribution in [-0.4, -0.2) is 30.0 Å². The number of amides is 1. The van der Waals surface area contributed by atoms with E-state index in [9.17, 15) is 4.79 Å². The number of carbonyl (C=O) groups excluding carboxylic acids is 1. The lowest BCUT2D eigenvalue weighted by Gasteiger charge is -2.14. The second-order valence-corrected chi connectivity index (χ2v) is 7.29. The molecule has 6 heteroatoms. The van der Waals surface area contributed by atoms with Gasteiger partial charge in [0.25, 0.3) is 0 Å². The standard InChI is InChI=1S/C23H27N5O/c1-16-6-5-7-18(14-16)8-13-23(29)27-20-11-9-19(10-12-20)26-21-15-22(28(3)4)25-17(2)24-21/h5-7,9-12,14-15H,8,13H2,1-4H3,(H,27,29)(H,24,25,26). The number of nitrogens with zero attached hydrogens (tertiary/aromatic N) is 3. The number of aryl methyl sites for hydroxylation is 3. The van der Waals surface area contributed by atoms with E-state index in [4.69, 9.17) is 0 Å². The summed E-state index contributed by atoms with van der Waals surface area (Å²) in [6.45, 7) is 3.93. The number of rotatable bonds is 7. The highest BCUT2D eigenvalue weighted by atomic mass is 16.1. The first-order chi connectivity index (χ1) is 13.9. The Kier molecular flexibility index (Phi) is 6.44. The van der Waals surface area contributed by atoms with Crippen molar-refractivity contribution >= 4 is 28.9 Å². The lowest BCUT2D eigenvalue weighted by atomic mass is 10.1. The molecule has 0 saturated carbocycles. The van der Waals surface area contributed by atoms with E-state index >= 15 is 0 Å². The van der Waals surface area contributed by atoms with E-state index in [-0.39, 0.29) is 5.91 Å². The molecule has 0 aliphatic carbocycles. The second kappa shape index (κ2) is 9.19. The largest absolute Gasteiger partial charge is 0.363 e. The Morgan fingerprint density at radius 3 is 2.38 bits per heavy atom. The third kappa shape index (κ3) is 6.04. The van der Waals surface area contributed by atoms with Gasteiger partial charge in [0.05, 0.1) is 0 Å². The van der Waals surface area contributed by atoms with Crippen molar-refractivity contribution in [3.8, 4) is 0 Å². The summed E-state index contributed by atoms with van der Waals surface area (Å²) in [5, 5.41) is 6.23. The Labute approximate surface area is 172 Å². The Hall–Kier alpha value is -3.41. The summed E-state index contributed by atoms with van der Waals surface area (Å²) in [6, 6.07) is 17.8. The normalized spacial score (nSPS) is 10.5. The highest BCUT2D eigenvalue weighted by molar-refractivity contribution is 5.91. The number of anilines is 4. The van der Waals surface area contributed by atoms with Gasteiger partial charge in [-0.25, -0.2) is 9.97 Å². The number of hydrogen-bond donors (Lipinski definition) is 2. The van der Waals surface area contributed by atoms with Crippen LogP contribution in [0.1, 0.15) is 23.4 Å². The summed E-state index contributed by atoms with van der Waals surface area (Å²) in [7, 11) is 3.89. The zero-order chi connectivity index (χ0) is 20.8. The fourth-order valence-corrected chi connectivity index (χ4v) is 2.98. The van der Waals surface area contributed by atoms with Gasteiger partial charge in [0.2, 0.25) is 5.91 Å². The van der Waals surface area contributed by atoms with Gasteiger partial charge in [-0.3, -0.25) is 4.79 Å². The molecule has 3 rings (SSSR count). The van der Waals surface area contributed by atoms with Crippen molar-refractivity contribution in [3.05, 3.63) is 71.5 Å². The van der Waals surface area contributed by atoms with Gasteiger partial charge in [-0.1, -0.05) is 29.8 Å².